The van der Waals surface area contributed by atoms with E-state index in [0.29, 0.717) is 10.2 Å². The van der Waals surface area contributed by atoms with Crippen LogP contribution in [0.3, 0.4) is 0 Å². The number of amides is 1. The van der Waals surface area contributed by atoms with Crippen LogP contribution in [0, 0.1) is 11.6 Å². The van der Waals surface area contributed by atoms with Crippen molar-refractivity contribution in [1.29, 1.82) is 0 Å². The number of benzene rings is 2. The SMILES string of the molecule is O=C(/C=C/c1cnn(-c2ccccc2)c1)Nc1nc2cc(F)c(F)cc2s1. The summed E-state index contributed by atoms with van der Waals surface area (Å²) in [4.78, 5) is 16.1. The van der Waals surface area contributed by atoms with Crippen molar-refractivity contribution in [2.45, 2.75) is 0 Å². The van der Waals surface area contributed by atoms with Gasteiger partial charge in [-0.1, -0.05) is 29.5 Å². The number of halogens is 2. The van der Waals surface area contributed by atoms with Crippen LogP contribution < -0.4 is 5.32 Å². The Morgan fingerprint density at radius 2 is 1.93 bits per heavy atom. The Morgan fingerprint density at radius 1 is 1.15 bits per heavy atom. The highest BCUT2D eigenvalue weighted by molar-refractivity contribution is 7.22. The van der Waals surface area contributed by atoms with E-state index in [0.717, 1.165) is 34.7 Å². The van der Waals surface area contributed by atoms with Crippen molar-refractivity contribution >= 4 is 38.7 Å². The molecule has 0 radical (unpaired) electrons. The zero-order valence-corrected chi connectivity index (χ0v) is 14.6. The molecule has 4 rings (SSSR count). The molecule has 2 aromatic heterocycles. The van der Waals surface area contributed by atoms with E-state index in [4.69, 9.17) is 0 Å². The number of fused-ring (bicyclic) bond motifs is 1. The molecule has 2 aromatic carbocycles. The normalized spacial score (nSPS) is 11.3. The summed E-state index contributed by atoms with van der Waals surface area (Å²) in [5, 5.41) is 7.10. The zero-order valence-electron chi connectivity index (χ0n) is 13.8. The molecule has 0 atom stereocenters. The number of aromatic nitrogens is 3. The number of thiazole rings is 1. The van der Waals surface area contributed by atoms with E-state index in [-0.39, 0.29) is 5.13 Å². The number of nitrogens with zero attached hydrogens (tertiary/aromatic N) is 3. The topological polar surface area (TPSA) is 59.8 Å². The Balaban J connectivity index is 1.46. The minimum absolute atomic E-state index is 0.268. The van der Waals surface area contributed by atoms with Gasteiger partial charge >= 0.3 is 0 Å². The quantitative estimate of drug-likeness (QED) is 0.532. The average Bonchev–Trinajstić information content (AvgIpc) is 3.28. The minimum atomic E-state index is -0.971. The summed E-state index contributed by atoms with van der Waals surface area (Å²) in [5.74, 6) is -2.32. The van der Waals surface area contributed by atoms with Gasteiger partial charge in [0.05, 0.1) is 22.1 Å². The van der Waals surface area contributed by atoms with Gasteiger partial charge in [-0.3, -0.25) is 10.1 Å². The first-order valence-corrected chi connectivity index (χ1v) is 8.75. The highest BCUT2D eigenvalue weighted by Gasteiger charge is 2.10. The van der Waals surface area contributed by atoms with Gasteiger partial charge in [-0.25, -0.2) is 18.4 Å². The Hall–Kier alpha value is -3.39. The van der Waals surface area contributed by atoms with Crippen LogP contribution in [-0.2, 0) is 4.79 Å². The smallest absolute Gasteiger partial charge is 0.250 e. The van der Waals surface area contributed by atoms with Crippen molar-refractivity contribution in [3.63, 3.8) is 0 Å². The molecule has 4 aromatic rings. The molecule has 0 unspecified atom stereocenters. The summed E-state index contributed by atoms with van der Waals surface area (Å²) >= 11 is 1.07. The fourth-order valence-corrected chi connectivity index (χ4v) is 3.32. The second-order valence-electron chi connectivity index (χ2n) is 5.63. The van der Waals surface area contributed by atoms with E-state index in [2.05, 4.69) is 15.4 Å². The molecule has 0 spiro atoms. The van der Waals surface area contributed by atoms with Crippen molar-refractivity contribution in [2.75, 3.05) is 5.32 Å². The van der Waals surface area contributed by atoms with Crippen molar-refractivity contribution < 1.29 is 13.6 Å². The van der Waals surface area contributed by atoms with Crippen LogP contribution in [0.25, 0.3) is 22.0 Å². The monoisotopic (exact) mass is 382 g/mol. The average molecular weight is 382 g/mol. The second kappa shape index (κ2) is 7.08. The van der Waals surface area contributed by atoms with E-state index in [1.165, 1.54) is 6.08 Å². The first kappa shape index (κ1) is 17.0. The number of hydrogen-bond donors (Lipinski definition) is 1. The molecule has 134 valence electrons. The lowest BCUT2D eigenvalue weighted by Gasteiger charge is -1.98. The van der Waals surface area contributed by atoms with E-state index in [9.17, 15) is 13.6 Å². The lowest BCUT2D eigenvalue weighted by molar-refractivity contribution is -0.111. The van der Waals surface area contributed by atoms with Gasteiger partial charge in [0.1, 0.15) is 0 Å². The van der Waals surface area contributed by atoms with Gasteiger partial charge in [-0.05, 0) is 24.3 Å². The molecule has 0 aliphatic heterocycles. The number of para-hydroxylation sites is 1. The summed E-state index contributed by atoms with van der Waals surface area (Å²) < 4.78 is 28.6. The third-order valence-corrected chi connectivity index (χ3v) is 4.64. The third-order valence-electron chi connectivity index (χ3n) is 3.71. The highest BCUT2D eigenvalue weighted by Crippen LogP contribution is 2.27. The van der Waals surface area contributed by atoms with Crippen LogP contribution in [0.4, 0.5) is 13.9 Å². The Morgan fingerprint density at radius 3 is 2.74 bits per heavy atom. The summed E-state index contributed by atoms with van der Waals surface area (Å²) in [6.07, 6.45) is 6.40. The van der Waals surface area contributed by atoms with Crippen molar-refractivity contribution in [3.8, 4) is 5.69 Å². The first-order valence-electron chi connectivity index (χ1n) is 7.93. The molecule has 0 fully saturated rings. The molecule has 8 heteroatoms. The standard InChI is InChI=1S/C19H12F2N4OS/c20-14-8-16-17(9-15(14)21)27-19(23-16)24-18(26)7-6-12-10-22-25(11-12)13-4-2-1-3-5-13/h1-11H,(H,23,24,26)/b7-6+. The minimum Gasteiger partial charge on any atom is -0.298 e. The lowest BCUT2D eigenvalue weighted by Crippen LogP contribution is -2.07. The second-order valence-corrected chi connectivity index (χ2v) is 6.66. The van der Waals surface area contributed by atoms with Gasteiger partial charge in [-0.15, -0.1) is 0 Å². The van der Waals surface area contributed by atoms with E-state index in [1.54, 1.807) is 23.2 Å². The predicted octanol–water partition coefficient (Wildman–Crippen LogP) is 4.41. The van der Waals surface area contributed by atoms with E-state index >= 15 is 0 Å². The van der Waals surface area contributed by atoms with Crippen LogP contribution >= 0.6 is 11.3 Å². The fourth-order valence-electron chi connectivity index (χ4n) is 2.44. The van der Waals surface area contributed by atoms with Crippen LogP contribution in [-0.4, -0.2) is 20.7 Å². The Labute approximate surface area is 156 Å². The van der Waals surface area contributed by atoms with E-state index in [1.807, 2.05) is 30.3 Å². The molecule has 0 saturated heterocycles. The molecule has 0 bridgehead atoms. The highest BCUT2D eigenvalue weighted by atomic mass is 32.1. The number of carbonyl (C=O) groups is 1. The van der Waals surface area contributed by atoms with E-state index < -0.39 is 17.5 Å². The van der Waals surface area contributed by atoms with Crippen molar-refractivity contribution in [1.82, 2.24) is 14.8 Å². The fraction of sp³-hybridized carbons (Fsp3) is 0. The molecule has 0 aliphatic carbocycles. The van der Waals surface area contributed by atoms with Gasteiger partial charge in [0.15, 0.2) is 16.8 Å². The molecule has 0 saturated carbocycles. The number of rotatable bonds is 4. The van der Waals surface area contributed by atoms with Crippen LogP contribution in [0.1, 0.15) is 5.56 Å². The number of hydrogen-bond acceptors (Lipinski definition) is 4. The van der Waals surface area contributed by atoms with Crippen molar-refractivity contribution in [2.24, 2.45) is 0 Å². The number of carbonyl (C=O) groups excluding carboxylic acids is 1. The van der Waals surface area contributed by atoms with Crippen LogP contribution in [0.2, 0.25) is 0 Å². The molecular formula is C19H12F2N4OS. The summed E-state index contributed by atoms with van der Waals surface area (Å²) in [6.45, 7) is 0. The predicted molar refractivity (Wildman–Crippen MR) is 101 cm³/mol. The number of anilines is 1. The van der Waals surface area contributed by atoms with Gasteiger partial charge in [0, 0.05) is 23.9 Å². The maximum absolute atomic E-state index is 13.3. The largest absolute Gasteiger partial charge is 0.298 e. The molecule has 5 nitrogen and oxygen atoms in total. The molecule has 27 heavy (non-hydrogen) atoms. The van der Waals surface area contributed by atoms with Gasteiger partial charge in [0.2, 0.25) is 5.91 Å². The lowest BCUT2D eigenvalue weighted by atomic mass is 10.3. The summed E-state index contributed by atoms with van der Waals surface area (Å²) in [5.41, 5.74) is 1.96. The molecule has 1 N–H and O–H groups in total. The Kier molecular flexibility index (Phi) is 4.47. The number of nitrogens with one attached hydrogen (secondary N) is 1. The summed E-state index contributed by atoms with van der Waals surface area (Å²) in [6, 6.07) is 11.7. The summed E-state index contributed by atoms with van der Waals surface area (Å²) in [7, 11) is 0. The molecule has 2 heterocycles. The van der Waals surface area contributed by atoms with Crippen molar-refractivity contribution in [3.05, 3.63) is 78.1 Å². The molecule has 0 aliphatic rings. The van der Waals surface area contributed by atoms with Gasteiger partial charge in [-0.2, -0.15) is 5.10 Å². The third kappa shape index (κ3) is 3.75. The zero-order chi connectivity index (χ0) is 18.8. The van der Waals surface area contributed by atoms with Crippen LogP contribution in [0.15, 0.2) is 60.9 Å². The van der Waals surface area contributed by atoms with Gasteiger partial charge < -0.3 is 0 Å². The Bertz CT molecular complexity index is 1110. The first-order chi connectivity index (χ1) is 13.1. The maximum Gasteiger partial charge on any atom is 0.250 e. The maximum atomic E-state index is 13.3. The molecule has 1 amide bonds. The van der Waals surface area contributed by atoms with Crippen LogP contribution in [0.5, 0.6) is 0 Å². The molecular weight excluding hydrogens is 370 g/mol. The van der Waals surface area contributed by atoms with Gasteiger partial charge in [0.25, 0.3) is 0 Å².